The van der Waals surface area contributed by atoms with Crippen molar-refractivity contribution >= 4 is 19.9 Å². The van der Waals surface area contributed by atoms with Crippen molar-refractivity contribution < 1.29 is 26.0 Å². The fraction of sp³-hybridized carbons (Fsp3) is 1.00. The predicted octanol–water partition coefficient (Wildman–Crippen LogP) is 1.06. The lowest BCUT2D eigenvalue weighted by atomic mass is 9.99. The summed E-state index contributed by atoms with van der Waals surface area (Å²) < 4.78 is 69.1. The molecule has 0 aromatic carbocycles. The summed E-state index contributed by atoms with van der Waals surface area (Å²) >= 11 is 0. The summed E-state index contributed by atoms with van der Waals surface area (Å²) in [6, 6.07) is 0. The predicted molar refractivity (Wildman–Crippen MR) is 36.2 cm³/mol. The molecule has 1 aliphatic heterocycles. The Labute approximate surface area is 75.8 Å². The first-order chi connectivity index (χ1) is 5.56. The number of nitrogens with zero attached hydrogens (tertiary/aromatic N) is 1. The molecule has 0 saturated carbocycles. The Bertz CT molecular complexity index is 307. The van der Waals surface area contributed by atoms with E-state index in [4.69, 9.17) is 0 Å². The van der Waals surface area contributed by atoms with E-state index in [-0.39, 0.29) is 4.31 Å². The number of halogens is 5. The van der Waals surface area contributed by atoms with Gasteiger partial charge in [0.15, 0.2) is 0 Å². The second-order valence-electron chi connectivity index (χ2n) is 2.67. The molecule has 0 bridgehead atoms. The zero-order valence-electron chi connectivity index (χ0n) is 5.98. The van der Waals surface area contributed by atoms with E-state index in [1.54, 1.807) is 0 Å². The minimum atomic E-state index is -5.05. The van der Waals surface area contributed by atoms with Crippen LogP contribution in [0.5, 0.6) is 0 Å². The van der Waals surface area contributed by atoms with Crippen molar-refractivity contribution in [3.63, 3.8) is 0 Å². The first-order valence-corrected chi connectivity index (χ1v) is 5.28. The molecule has 9 heteroatoms. The zero-order valence-corrected chi connectivity index (χ0v) is 7.55. The van der Waals surface area contributed by atoms with E-state index in [9.17, 15) is 26.0 Å². The molecule has 0 amide bonds. The van der Waals surface area contributed by atoms with Crippen LogP contribution in [-0.2, 0) is 9.24 Å². The zero-order chi connectivity index (χ0) is 10.5. The summed E-state index contributed by atoms with van der Waals surface area (Å²) in [7, 11) is 0.445. The Kier molecular flexibility index (Phi) is 2.29. The van der Waals surface area contributed by atoms with E-state index in [1.807, 2.05) is 0 Å². The van der Waals surface area contributed by atoms with Gasteiger partial charge in [0.2, 0.25) is 5.67 Å². The summed E-state index contributed by atoms with van der Waals surface area (Å²) in [5, 5.41) is 0. The van der Waals surface area contributed by atoms with E-state index < -0.39 is 34.2 Å². The van der Waals surface area contributed by atoms with Crippen LogP contribution in [0.1, 0.15) is 0 Å². The van der Waals surface area contributed by atoms with Crippen LogP contribution in [0.3, 0.4) is 0 Å². The molecule has 0 unspecified atom stereocenters. The lowest BCUT2D eigenvalue weighted by Crippen LogP contribution is -2.66. The summed E-state index contributed by atoms with van der Waals surface area (Å²) in [4.78, 5) is 0. The molecule has 0 N–H and O–H groups in total. The standard InChI is InChI=1S/C4H4ClF4NO2S/c5-13(11,12)10-1-3(6,2-10)4(7,8)9/h1-2H2. The quantitative estimate of drug-likeness (QED) is 0.508. The van der Waals surface area contributed by atoms with Crippen molar-refractivity contribution in [2.75, 3.05) is 13.1 Å². The number of alkyl halides is 4. The Morgan fingerprint density at radius 2 is 1.69 bits per heavy atom. The molecule has 1 fully saturated rings. The fourth-order valence-corrected chi connectivity index (χ4v) is 1.86. The average molecular weight is 242 g/mol. The normalized spacial score (nSPS) is 24.1. The highest BCUT2D eigenvalue weighted by Gasteiger charge is 2.65. The van der Waals surface area contributed by atoms with Gasteiger partial charge in [-0.05, 0) is 0 Å². The Morgan fingerprint density at radius 1 is 1.31 bits per heavy atom. The second kappa shape index (κ2) is 2.71. The summed E-state index contributed by atoms with van der Waals surface area (Å²) in [5.74, 6) is 0. The van der Waals surface area contributed by atoms with Gasteiger partial charge in [-0.3, -0.25) is 0 Å². The molecule has 1 aliphatic rings. The third kappa shape index (κ3) is 1.89. The smallest absolute Gasteiger partial charge is 0.231 e. The van der Waals surface area contributed by atoms with Crippen molar-refractivity contribution in [3.05, 3.63) is 0 Å². The van der Waals surface area contributed by atoms with Gasteiger partial charge in [-0.1, -0.05) is 0 Å². The van der Waals surface area contributed by atoms with Crippen LogP contribution < -0.4 is 0 Å². The van der Waals surface area contributed by atoms with Gasteiger partial charge in [-0.2, -0.15) is 25.9 Å². The van der Waals surface area contributed by atoms with Gasteiger partial charge >= 0.3 is 6.18 Å². The molecule has 13 heavy (non-hydrogen) atoms. The third-order valence-electron chi connectivity index (χ3n) is 1.67. The minimum absolute atomic E-state index is 0.210. The molecule has 1 heterocycles. The van der Waals surface area contributed by atoms with Crippen LogP contribution in [0.2, 0.25) is 0 Å². The average Bonchev–Trinajstić information content (AvgIpc) is 1.75. The Balaban J connectivity index is 2.69. The molecular formula is C4H4ClF4NO2S. The third-order valence-corrected chi connectivity index (χ3v) is 3.13. The highest BCUT2D eigenvalue weighted by molar-refractivity contribution is 8.11. The molecular weight excluding hydrogens is 238 g/mol. The monoisotopic (exact) mass is 241 g/mol. The van der Waals surface area contributed by atoms with Gasteiger partial charge in [0.25, 0.3) is 9.24 Å². The van der Waals surface area contributed by atoms with Gasteiger partial charge in [-0.25, -0.2) is 4.39 Å². The maximum absolute atomic E-state index is 12.7. The largest absolute Gasteiger partial charge is 0.425 e. The van der Waals surface area contributed by atoms with Crippen LogP contribution in [0, 0.1) is 0 Å². The van der Waals surface area contributed by atoms with Crippen LogP contribution in [-0.4, -0.2) is 37.7 Å². The van der Waals surface area contributed by atoms with E-state index in [0.29, 0.717) is 0 Å². The summed E-state index contributed by atoms with van der Waals surface area (Å²) in [6.07, 6.45) is -5.05. The van der Waals surface area contributed by atoms with Crippen molar-refractivity contribution in [1.29, 1.82) is 0 Å². The Hall–Kier alpha value is -0.0800. The highest BCUT2D eigenvalue weighted by atomic mass is 35.7. The lowest BCUT2D eigenvalue weighted by molar-refractivity contribution is -0.259. The molecule has 78 valence electrons. The van der Waals surface area contributed by atoms with Crippen LogP contribution in [0.15, 0.2) is 0 Å². The molecule has 0 aliphatic carbocycles. The van der Waals surface area contributed by atoms with Crippen LogP contribution in [0.4, 0.5) is 17.6 Å². The summed E-state index contributed by atoms with van der Waals surface area (Å²) in [6.45, 7) is -2.52. The molecule has 0 spiro atoms. The number of hydrogen-bond acceptors (Lipinski definition) is 2. The highest BCUT2D eigenvalue weighted by Crippen LogP contribution is 2.42. The van der Waals surface area contributed by atoms with E-state index in [2.05, 4.69) is 10.7 Å². The lowest BCUT2D eigenvalue weighted by Gasteiger charge is -2.42. The number of rotatable bonds is 1. The van der Waals surface area contributed by atoms with Crippen molar-refractivity contribution in [2.24, 2.45) is 0 Å². The van der Waals surface area contributed by atoms with Crippen LogP contribution in [0.25, 0.3) is 0 Å². The van der Waals surface area contributed by atoms with Gasteiger partial charge < -0.3 is 0 Å². The van der Waals surface area contributed by atoms with Crippen molar-refractivity contribution in [2.45, 2.75) is 11.8 Å². The first kappa shape index (κ1) is 11.0. The summed E-state index contributed by atoms with van der Waals surface area (Å²) in [5.41, 5.74) is -3.45. The van der Waals surface area contributed by atoms with Crippen molar-refractivity contribution in [3.8, 4) is 0 Å². The number of hydrogen-bond donors (Lipinski definition) is 0. The molecule has 1 saturated heterocycles. The first-order valence-electron chi connectivity index (χ1n) is 3.02. The Morgan fingerprint density at radius 3 is 1.92 bits per heavy atom. The van der Waals surface area contributed by atoms with Gasteiger partial charge in [0, 0.05) is 10.7 Å². The SMILES string of the molecule is O=S(=O)(Cl)N1CC(F)(C(F)(F)F)C1. The molecule has 0 aromatic heterocycles. The van der Waals surface area contributed by atoms with Crippen LogP contribution >= 0.6 is 10.7 Å². The molecule has 1 rings (SSSR count). The van der Waals surface area contributed by atoms with Gasteiger partial charge in [-0.15, -0.1) is 0 Å². The fourth-order valence-electron chi connectivity index (χ4n) is 0.846. The molecule has 0 aromatic rings. The molecule has 3 nitrogen and oxygen atoms in total. The van der Waals surface area contributed by atoms with E-state index >= 15 is 0 Å². The van der Waals surface area contributed by atoms with E-state index in [0.717, 1.165) is 0 Å². The topological polar surface area (TPSA) is 37.4 Å². The second-order valence-corrected chi connectivity index (χ2v) is 5.18. The maximum atomic E-state index is 12.7. The maximum Gasteiger partial charge on any atom is 0.425 e. The van der Waals surface area contributed by atoms with Gasteiger partial charge in [0.05, 0.1) is 13.1 Å². The minimum Gasteiger partial charge on any atom is -0.231 e. The van der Waals surface area contributed by atoms with Gasteiger partial charge in [0.1, 0.15) is 0 Å². The van der Waals surface area contributed by atoms with Crippen molar-refractivity contribution in [1.82, 2.24) is 4.31 Å². The molecule has 0 radical (unpaired) electrons. The molecule has 0 atom stereocenters. The van der Waals surface area contributed by atoms with E-state index in [1.165, 1.54) is 0 Å².